The number of hydrogen-bond acceptors (Lipinski definition) is 4. The maximum Gasteiger partial charge on any atom is 0.136 e. The molecule has 10 aromatic rings. The zero-order valence-corrected chi connectivity index (χ0v) is 25.7. The quantitative estimate of drug-likeness (QED) is 0.198. The molecule has 0 spiro atoms. The maximum absolute atomic E-state index is 6.29. The molecule has 0 N–H and O–H groups in total. The molecule has 0 atom stereocenters. The van der Waals surface area contributed by atoms with Gasteiger partial charge in [-0.3, -0.25) is 15.0 Å². The molecule has 0 aliphatic heterocycles. The summed E-state index contributed by atoms with van der Waals surface area (Å²) in [5, 5.41) is 7.09. The highest BCUT2D eigenvalue weighted by atomic mass is 16.3. The van der Waals surface area contributed by atoms with Crippen molar-refractivity contribution in [3.8, 4) is 39.1 Å². The highest BCUT2D eigenvalue weighted by molar-refractivity contribution is 6.23. The van der Waals surface area contributed by atoms with E-state index in [2.05, 4.69) is 99.5 Å². The summed E-state index contributed by atoms with van der Waals surface area (Å²) in [7, 11) is 0. The van der Waals surface area contributed by atoms with Crippen LogP contribution in [0.15, 0.2) is 163 Å². The molecule has 0 aliphatic carbocycles. The van der Waals surface area contributed by atoms with E-state index in [1.807, 2.05) is 73.6 Å². The van der Waals surface area contributed by atoms with E-state index >= 15 is 0 Å². The SMILES string of the molecule is c1cc(-c2c(-c3ccncc3)cncc2-c2ccncc2)cc(-n2c3ccccc3c3cc4ccc5oc6ccccc6c5c4cc32)c1. The molecule has 5 heterocycles. The van der Waals surface area contributed by atoms with Crippen molar-refractivity contribution >= 4 is 54.5 Å². The first-order valence-electron chi connectivity index (χ1n) is 16.0. The fourth-order valence-electron chi connectivity index (χ4n) is 7.36. The average molecular weight is 615 g/mol. The number of aromatic nitrogens is 4. The Labute approximate surface area is 275 Å². The number of rotatable bonds is 4. The molecule has 0 amide bonds. The van der Waals surface area contributed by atoms with Crippen LogP contribution in [0.4, 0.5) is 0 Å². The molecule has 5 aromatic carbocycles. The Balaban J connectivity index is 1.27. The van der Waals surface area contributed by atoms with Gasteiger partial charge in [0.05, 0.1) is 11.0 Å². The van der Waals surface area contributed by atoms with Crippen LogP contribution in [-0.2, 0) is 0 Å². The number of nitrogens with zero attached hydrogens (tertiary/aromatic N) is 4. The van der Waals surface area contributed by atoms with Crippen molar-refractivity contribution in [2.75, 3.05) is 0 Å². The van der Waals surface area contributed by atoms with Gasteiger partial charge in [0, 0.05) is 81.1 Å². The van der Waals surface area contributed by atoms with Gasteiger partial charge in [-0.15, -0.1) is 0 Å². The number of benzene rings is 5. The Morgan fingerprint density at radius 3 is 1.94 bits per heavy atom. The zero-order valence-electron chi connectivity index (χ0n) is 25.7. The van der Waals surface area contributed by atoms with Gasteiger partial charge in [-0.2, -0.15) is 0 Å². The third-order valence-corrected chi connectivity index (χ3v) is 9.47. The first-order chi connectivity index (χ1) is 23.8. The minimum atomic E-state index is 0.901. The van der Waals surface area contributed by atoms with Crippen molar-refractivity contribution in [2.45, 2.75) is 0 Å². The minimum absolute atomic E-state index is 0.901. The predicted molar refractivity (Wildman–Crippen MR) is 195 cm³/mol. The largest absolute Gasteiger partial charge is 0.456 e. The fraction of sp³-hybridized carbons (Fsp3) is 0. The van der Waals surface area contributed by atoms with Crippen LogP contribution in [-0.4, -0.2) is 19.5 Å². The fourth-order valence-corrected chi connectivity index (χ4v) is 7.36. The molecule has 0 bridgehead atoms. The first kappa shape index (κ1) is 26.6. The highest BCUT2D eigenvalue weighted by Gasteiger charge is 2.19. The van der Waals surface area contributed by atoms with E-state index in [1.165, 1.54) is 21.5 Å². The van der Waals surface area contributed by atoms with Gasteiger partial charge in [0.15, 0.2) is 0 Å². The lowest BCUT2D eigenvalue weighted by Crippen LogP contribution is -1.97. The second-order valence-electron chi connectivity index (χ2n) is 12.1. The summed E-state index contributed by atoms with van der Waals surface area (Å²) in [6.07, 6.45) is 11.2. The molecule has 5 nitrogen and oxygen atoms in total. The molecule has 0 fully saturated rings. The van der Waals surface area contributed by atoms with Crippen LogP contribution in [0.1, 0.15) is 0 Å². The lowest BCUT2D eigenvalue weighted by Gasteiger charge is -2.17. The Kier molecular flexibility index (Phi) is 5.81. The van der Waals surface area contributed by atoms with E-state index in [1.54, 1.807) is 0 Å². The van der Waals surface area contributed by atoms with Crippen LogP contribution >= 0.6 is 0 Å². The standard InChI is InChI=1S/C43H26N4O/c1-3-10-38-32(8-1)35-23-29-12-13-41-43(33-9-2-4-11-40(33)48-41)34(29)24-39(35)47(38)31-7-5-6-30(22-31)42-36(27-14-18-44-19-15-27)25-46-26-37(42)28-16-20-45-21-17-28/h1-26H. The van der Waals surface area contributed by atoms with E-state index in [4.69, 9.17) is 9.40 Å². The highest BCUT2D eigenvalue weighted by Crippen LogP contribution is 2.42. The Bertz CT molecular complexity index is 2780. The third kappa shape index (κ3) is 4.01. The molecule has 224 valence electrons. The second-order valence-corrected chi connectivity index (χ2v) is 12.1. The van der Waals surface area contributed by atoms with Gasteiger partial charge in [-0.25, -0.2) is 0 Å². The van der Waals surface area contributed by atoms with Crippen molar-refractivity contribution < 1.29 is 4.42 Å². The molecule has 0 saturated heterocycles. The maximum atomic E-state index is 6.29. The summed E-state index contributed by atoms with van der Waals surface area (Å²) in [5.74, 6) is 0. The number of fused-ring (bicyclic) bond motifs is 8. The smallest absolute Gasteiger partial charge is 0.136 e. The van der Waals surface area contributed by atoms with Crippen LogP contribution in [0, 0.1) is 0 Å². The van der Waals surface area contributed by atoms with Crippen LogP contribution in [0.3, 0.4) is 0 Å². The summed E-state index contributed by atoms with van der Waals surface area (Å²) >= 11 is 0. The van der Waals surface area contributed by atoms with Gasteiger partial charge in [0.25, 0.3) is 0 Å². The molecule has 0 unspecified atom stereocenters. The monoisotopic (exact) mass is 614 g/mol. The van der Waals surface area contributed by atoms with Crippen molar-refractivity contribution in [3.63, 3.8) is 0 Å². The number of pyridine rings is 3. The van der Waals surface area contributed by atoms with E-state index in [0.29, 0.717) is 0 Å². The molecule has 48 heavy (non-hydrogen) atoms. The van der Waals surface area contributed by atoms with Crippen LogP contribution in [0.2, 0.25) is 0 Å². The van der Waals surface area contributed by atoms with Crippen molar-refractivity contribution in [1.29, 1.82) is 0 Å². The number of hydrogen-bond donors (Lipinski definition) is 0. The van der Waals surface area contributed by atoms with Gasteiger partial charge in [0.1, 0.15) is 11.2 Å². The topological polar surface area (TPSA) is 56.7 Å². The van der Waals surface area contributed by atoms with E-state index in [-0.39, 0.29) is 0 Å². The molecule has 0 radical (unpaired) electrons. The molecule has 5 aromatic heterocycles. The normalized spacial score (nSPS) is 11.8. The number of para-hydroxylation sites is 2. The second kappa shape index (κ2) is 10.5. The van der Waals surface area contributed by atoms with Crippen molar-refractivity contribution in [1.82, 2.24) is 19.5 Å². The van der Waals surface area contributed by atoms with Crippen molar-refractivity contribution in [3.05, 3.63) is 159 Å². The van der Waals surface area contributed by atoms with Gasteiger partial charge >= 0.3 is 0 Å². The van der Waals surface area contributed by atoms with Crippen LogP contribution < -0.4 is 0 Å². The Hall–Kier alpha value is -6.59. The zero-order chi connectivity index (χ0) is 31.6. The summed E-state index contributed by atoms with van der Waals surface area (Å²) in [5.41, 5.74) is 11.6. The predicted octanol–water partition coefficient (Wildman–Crippen LogP) is 11.0. The molecule has 5 heteroatoms. The lowest BCUT2D eigenvalue weighted by atomic mass is 9.90. The van der Waals surface area contributed by atoms with Crippen LogP contribution in [0.5, 0.6) is 0 Å². The third-order valence-electron chi connectivity index (χ3n) is 9.47. The summed E-state index contributed by atoms with van der Waals surface area (Å²) in [6, 6.07) is 43.0. The first-order valence-corrected chi connectivity index (χ1v) is 16.0. The van der Waals surface area contributed by atoms with Gasteiger partial charge in [-0.05, 0) is 94.2 Å². The molecule has 0 saturated carbocycles. The Morgan fingerprint density at radius 1 is 0.458 bits per heavy atom. The van der Waals surface area contributed by atoms with Gasteiger partial charge < -0.3 is 8.98 Å². The van der Waals surface area contributed by atoms with Gasteiger partial charge in [-0.1, -0.05) is 54.6 Å². The van der Waals surface area contributed by atoms with Crippen molar-refractivity contribution in [2.24, 2.45) is 0 Å². The molecule has 0 aliphatic rings. The lowest BCUT2D eigenvalue weighted by molar-refractivity contribution is 0.669. The van der Waals surface area contributed by atoms with E-state index < -0.39 is 0 Å². The molecular weight excluding hydrogens is 589 g/mol. The number of furan rings is 1. The van der Waals surface area contributed by atoms with E-state index in [0.717, 1.165) is 72.0 Å². The average Bonchev–Trinajstić information content (AvgIpc) is 3.70. The van der Waals surface area contributed by atoms with Crippen LogP contribution in [0.25, 0.3) is 93.6 Å². The summed E-state index contributed by atoms with van der Waals surface area (Å²) in [6.45, 7) is 0. The summed E-state index contributed by atoms with van der Waals surface area (Å²) in [4.78, 5) is 13.2. The Morgan fingerprint density at radius 2 is 1.17 bits per heavy atom. The van der Waals surface area contributed by atoms with Gasteiger partial charge in [0.2, 0.25) is 0 Å². The minimum Gasteiger partial charge on any atom is -0.456 e. The molecule has 10 rings (SSSR count). The summed E-state index contributed by atoms with van der Waals surface area (Å²) < 4.78 is 8.68. The molecular formula is C43H26N4O. The van der Waals surface area contributed by atoms with E-state index in [9.17, 15) is 0 Å².